The summed E-state index contributed by atoms with van der Waals surface area (Å²) in [6.07, 6.45) is -4.43. The van der Waals surface area contributed by atoms with Crippen molar-refractivity contribution in [2.45, 2.75) is 19.7 Å². The number of carbonyl (C=O) groups is 1. The highest BCUT2D eigenvalue weighted by Gasteiger charge is 2.30. The summed E-state index contributed by atoms with van der Waals surface area (Å²) in [5, 5.41) is 16.4. The zero-order valence-corrected chi connectivity index (χ0v) is 15.0. The van der Waals surface area contributed by atoms with Gasteiger partial charge in [-0.1, -0.05) is 46.7 Å². The van der Waals surface area contributed by atoms with Crippen LogP contribution in [0.1, 0.15) is 29.2 Å². The maximum absolute atomic E-state index is 12.8. The molecule has 6 nitrogen and oxygen atoms in total. The number of halogens is 3. The van der Waals surface area contributed by atoms with Gasteiger partial charge in [-0.2, -0.15) is 13.2 Å². The Balaban J connectivity index is 2.04. The summed E-state index contributed by atoms with van der Waals surface area (Å²) < 4.78 is 38.3. The average Bonchev–Trinajstić information content (AvgIpc) is 2.66. The van der Waals surface area contributed by atoms with Gasteiger partial charge in [0.05, 0.1) is 11.3 Å². The first-order valence-electron chi connectivity index (χ1n) is 8.00. The van der Waals surface area contributed by atoms with Crippen molar-refractivity contribution in [2.75, 3.05) is 7.11 Å². The van der Waals surface area contributed by atoms with Gasteiger partial charge in [-0.05, 0) is 30.2 Å². The lowest BCUT2D eigenvalue weighted by Gasteiger charge is -2.08. The van der Waals surface area contributed by atoms with E-state index in [4.69, 9.17) is 9.94 Å². The third-order valence-corrected chi connectivity index (χ3v) is 3.65. The molecule has 0 radical (unpaired) electrons. The van der Waals surface area contributed by atoms with Crippen LogP contribution in [-0.4, -0.2) is 29.6 Å². The van der Waals surface area contributed by atoms with Gasteiger partial charge in [0.1, 0.15) is 13.7 Å². The Labute approximate surface area is 158 Å². The van der Waals surface area contributed by atoms with Gasteiger partial charge >= 0.3 is 12.1 Å². The number of hydrogen-bond acceptors (Lipinski definition) is 5. The van der Waals surface area contributed by atoms with Gasteiger partial charge in [0.15, 0.2) is 5.71 Å². The van der Waals surface area contributed by atoms with E-state index in [-0.39, 0.29) is 12.3 Å². The molecular formula is C19H17F3N2O4. The molecule has 0 aliphatic heterocycles. The fraction of sp³-hybridized carbons (Fsp3) is 0.211. The van der Waals surface area contributed by atoms with Crippen molar-refractivity contribution in [1.29, 1.82) is 0 Å². The van der Waals surface area contributed by atoms with E-state index in [2.05, 4.69) is 15.1 Å². The Morgan fingerprint density at radius 3 is 2.32 bits per heavy atom. The lowest BCUT2D eigenvalue weighted by Crippen LogP contribution is -2.14. The van der Waals surface area contributed by atoms with E-state index >= 15 is 0 Å². The Bertz CT molecular complexity index is 891. The monoisotopic (exact) mass is 394 g/mol. The Morgan fingerprint density at radius 2 is 1.75 bits per heavy atom. The number of nitrogens with zero attached hydrogens (tertiary/aromatic N) is 2. The van der Waals surface area contributed by atoms with Crippen LogP contribution in [0.25, 0.3) is 0 Å². The van der Waals surface area contributed by atoms with E-state index in [9.17, 15) is 18.0 Å². The third kappa shape index (κ3) is 5.57. The van der Waals surface area contributed by atoms with Gasteiger partial charge in [0.25, 0.3) is 0 Å². The van der Waals surface area contributed by atoms with Gasteiger partial charge in [0, 0.05) is 5.56 Å². The topological polar surface area (TPSA) is 80.5 Å². The molecule has 1 N–H and O–H groups in total. The summed E-state index contributed by atoms with van der Waals surface area (Å²) in [4.78, 5) is 20.8. The SMILES string of the molecule is CO/N=C(/C(=O)O)c1ccc(CO/N=C(\C)c2cccc(C(F)(F)F)c2)cc1. The number of carboxylic acids is 1. The van der Waals surface area contributed by atoms with Gasteiger partial charge in [-0.3, -0.25) is 0 Å². The molecule has 0 spiro atoms. The molecule has 148 valence electrons. The maximum atomic E-state index is 12.8. The minimum atomic E-state index is -4.43. The molecule has 0 saturated heterocycles. The van der Waals surface area contributed by atoms with Crippen molar-refractivity contribution in [1.82, 2.24) is 0 Å². The lowest BCUT2D eigenvalue weighted by molar-refractivity contribution is -0.137. The number of rotatable bonds is 7. The highest BCUT2D eigenvalue weighted by atomic mass is 19.4. The summed E-state index contributed by atoms with van der Waals surface area (Å²) in [6.45, 7) is 1.60. The van der Waals surface area contributed by atoms with Crippen LogP contribution in [0.2, 0.25) is 0 Å². The Morgan fingerprint density at radius 1 is 1.07 bits per heavy atom. The first-order chi connectivity index (χ1) is 13.2. The number of benzene rings is 2. The van der Waals surface area contributed by atoms with Crippen LogP contribution < -0.4 is 0 Å². The molecule has 0 aromatic heterocycles. The normalized spacial score (nSPS) is 12.6. The molecule has 0 aliphatic carbocycles. The van der Waals surface area contributed by atoms with Crippen LogP contribution in [-0.2, 0) is 27.3 Å². The number of carboxylic acid groups (broad SMARTS) is 1. The van der Waals surface area contributed by atoms with Crippen LogP contribution in [0.4, 0.5) is 13.2 Å². The summed E-state index contributed by atoms with van der Waals surface area (Å²) >= 11 is 0. The minimum absolute atomic E-state index is 0.0560. The fourth-order valence-electron chi connectivity index (χ4n) is 2.24. The molecule has 28 heavy (non-hydrogen) atoms. The van der Waals surface area contributed by atoms with Gasteiger partial charge in [-0.15, -0.1) is 0 Å². The van der Waals surface area contributed by atoms with Crippen molar-refractivity contribution in [3.05, 3.63) is 70.8 Å². The molecule has 0 unspecified atom stereocenters. The maximum Gasteiger partial charge on any atom is 0.416 e. The molecule has 0 heterocycles. The number of aliphatic carboxylic acids is 1. The standard InChI is InChI=1S/C19H17F3N2O4/c1-12(15-4-3-5-16(10-15)19(20,21)22)23-28-11-13-6-8-14(9-7-13)17(18(25)26)24-27-2/h3-10H,11H2,1-2H3,(H,25,26)/b23-12+,24-17+. The molecule has 0 amide bonds. The van der Waals surface area contributed by atoms with Gasteiger partial charge in [-0.25, -0.2) is 4.79 Å². The predicted molar refractivity (Wildman–Crippen MR) is 96.1 cm³/mol. The average molecular weight is 394 g/mol. The smallest absolute Gasteiger partial charge is 0.416 e. The Hall–Kier alpha value is -3.36. The van der Waals surface area contributed by atoms with Crippen molar-refractivity contribution in [3.63, 3.8) is 0 Å². The summed E-state index contributed by atoms with van der Waals surface area (Å²) in [5.74, 6) is -1.23. The molecule has 9 heteroatoms. The first kappa shape index (κ1) is 20.9. The third-order valence-electron chi connectivity index (χ3n) is 3.65. The van der Waals surface area contributed by atoms with Gasteiger partial charge in [0.2, 0.25) is 0 Å². The van der Waals surface area contributed by atoms with Crippen LogP contribution in [0.15, 0.2) is 58.8 Å². The molecule has 0 atom stereocenters. The summed E-state index contributed by atoms with van der Waals surface area (Å²) in [5.41, 5.74) is 0.624. The van der Waals surface area contributed by atoms with Crippen LogP contribution in [0, 0.1) is 0 Å². The van der Waals surface area contributed by atoms with E-state index in [1.54, 1.807) is 19.1 Å². The van der Waals surface area contributed by atoms with E-state index < -0.39 is 17.7 Å². The van der Waals surface area contributed by atoms with Crippen molar-refractivity contribution in [3.8, 4) is 0 Å². The van der Waals surface area contributed by atoms with Gasteiger partial charge < -0.3 is 14.8 Å². The zero-order chi connectivity index (χ0) is 20.7. The van der Waals surface area contributed by atoms with Crippen molar-refractivity contribution >= 4 is 17.4 Å². The highest BCUT2D eigenvalue weighted by molar-refractivity contribution is 6.42. The van der Waals surface area contributed by atoms with E-state index in [0.717, 1.165) is 12.1 Å². The van der Waals surface area contributed by atoms with Crippen LogP contribution in [0.5, 0.6) is 0 Å². The fourth-order valence-corrected chi connectivity index (χ4v) is 2.24. The van der Waals surface area contributed by atoms with E-state index in [1.807, 2.05) is 0 Å². The Kier molecular flexibility index (Phi) is 6.75. The lowest BCUT2D eigenvalue weighted by atomic mass is 10.1. The quantitative estimate of drug-likeness (QED) is 0.567. The van der Waals surface area contributed by atoms with Crippen molar-refractivity contribution in [2.24, 2.45) is 10.3 Å². The molecule has 2 aromatic rings. The molecule has 0 bridgehead atoms. The predicted octanol–water partition coefficient (Wildman–Crippen LogP) is 4.08. The molecule has 0 saturated carbocycles. The number of hydrogen-bond donors (Lipinski definition) is 1. The minimum Gasteiger partial charge on any atom is -0.476 e. The molecule has 0 aliphatic rings. The largest absolute Gasteiger partial charge is 0.476 e. The molecule has 2 rings (SSSR count). The first-order valence-corrected chi connectivity index (χ1v) is 8.00. The van der Waals surface area contributed by atoms with Crippen LogP contribution in [0.3, 0.4) is 0 Å². The summed E-state index contributed by atoms with van der Waals surface area (Å²) in [6, 6.07) is 11.1. The molecule has 2 aromatic carbocycles. The number of oxime groups is 2. The van der Waals surface area contributed by atoms with Crippen molar-refractivity contribution < 1.29 is 32.7 Å². The van der Waals surface area contributed by atoms with E-state index in [0.29, 0.717) is 22.4 Å². The summed E-state index contributed by atoms with van der Waals surface area (Å²) in [7, 11) is 1.25. The molecule has 0 fully saturated rings. The zero-order valence-electron chi connectivity index (χ0n) is 15.0. The second kappa shape index (κ2) is 9.03. The molecular weight excluding hydrogens is 377 g/mol. The highest BCUT2D eigenvalue weighted by Crippen LogP contribution is 2.29. The second-order valence-corrected chi connectivity index (χ2v) is 5.65. The second-order valence-electron chi connectivity index (χ2n) is 5.65. The van der Waals surface area contributed by atoms with E-state index in [1.165, 1.54) is 31.4 Å². The number of alkyl halides is 3. The van der Waals surface area contributed by atoms with Crippen LogP contribution >= 0.6 is 0 Å².